The number of esters is 1. The van der Waals surface area contributed by atoms with Gasteiger partial charge in [0, 0.05) is 25.4 Å². The topological polar surface area (TPSA) is 46.6 Å². The van der Waals surface area contributed by atoms with Gasteiger partial charge in [-0.25, -0.2) is 0 Å². The molecule has 2 fully saturated rings. The molecule has 2 aliphatic rings. The second kappa shape index (κ2) is 5.93. The zero-order chi connectivity index (χ0) is 13.9. The van der Waals surface area contributed by atoms with Gasteiger partial charge in [0.25, 0.3) is 0 Å². The molecule has 0 N–H and O–H groups in total. The van der Waals surface area contributed by atoms with Crippen LogP contribution in [0.1, 0.15) is 58.8 Å². The van der Waals surface area contributed by atoms with E-state index in [0.29, 0.717) is 13.0 Å². The molecule has 1 heterocycles. The van der Waals surface area contributed by atoms with Gasteiger partial charge in [0.2, 0.25) is 5.91 Å². The lowest BCUT2D eigenvalue weighted by molar-refractivity contribution is -0.141. The lowest BCUT2D eigenvalue weighted by Crippen LogP contribution is -2.48. The molecule has 0 aromatic carbocycles. The van der Waals surface area contributed by atoms with Crippen molar-refractivity contribution >= 4 is 11.9 Å². The lowest BCUT2D eigenvalue weighted by atomic mass is 9.75. The maximum atomic E-state index is 12.1. The van der Waals surface area contributed by atoms with Crippen molar-refractivity contribution in [2.45, 2.75) is 64.3 Å². The average molecular weight is 267 g/mol. The number of amides is 1. The highest BCUT2D eigenvalue weighted by atomic mass is 16.5. The first-order valence-corrected chi connectivity index (χ1v) is 7.47. The number of nitrogens with zero attached hydrogens (tertiary/aromatic N) is 1. The second-order valence-corrected chi connectivity index (χ2v) is 6.15. The summed E-state index contributed by atoms with van der Waals surface area (Å²) in [6, 6.07) is 0. The molecule has 108 valence electrons. The first-order chi connectivity index (χ1) is 9.03. The van der Waals surface area contributed by atoms with Gasteiger partial charge in [0.05, 0.1) is 6.61 Å². The summed E-state index contributed by atoms with van der Waals surface area (Å²) in [5.41, 5.74) is 0.125. The molecule has 0 atom stereocenters. The number of carbonyl (C=O) groups is 2. The van der Waals surface area contributed by atoms with Gasteiger partial charge in [-0.15, -0.1) is 0 Å². The molecular formula is C15H25NO3. The molecule has 1 saturated carbocycles. The summed E-state index contributed by atoms with van der Waals surface area (Å²) < 4.78 is 4.95. The number of hydrogen-bond donors (Lipinski definition) is 0. The van der Waals surface area contributed by atoms with Crippen LogP contribution >= 0.6 is 0 Å². The van der Waals surface area contributed by atoms with Crippen LogP contribution in [0.5, 0.6) is 0 Å². The molecular weight excluding hydrogens is 242 g/mol. The fourth-order valence-corrected chi connectivity index (χ4v) is 3.49. The molecule has 1 saturated heterocycles. The summed E-state index contributed by atoms with van der Waals surface area (Å²) in [6.07, 6.45) is 7.22. The SMILES string of the molecule is CC(=O)OCCCN1C(=O)CCC12CCC(C)CC2. The van der Waals surface area contributed by atoms with Gasteiger partial charge in [-0.3, -0.25) is 9.59 Å². The zero-order valence-corrected chi connectivity index (χ0v) is 12.1. The standard InChI is InChI=1S/C15H25NO3/c1-12-4-7-15(8-5-12)9-6-14(18)16(15)10-3-11-19-13(2)17/h12H,3-11H2,1-2H3. The molecule has 0 unspecified atom stereocenters. The van der Waals surface area contributed by atoms with Gasteiger partial charge >= 0.3 is 5.97 Å². The van der Waals surface area contributed by atoms with Crippen molar-refractivity contribution in [1.29, 1.82) is 0 Å². The van der Waals surface area contributed by atoms with Crippen LogP contribution in [0.4, 0.5) is 0 Å². The minimum atomic E-state index is -0.242. The van der Waals surface area contributed by atoms with Crippen LogP contribution in [-0.2, 0) is 14.3 Å². The minimum absolute atomic E-state index is 0.125. The quantitative estimate of drug-likeness (QED) is 0.581. The van der Waals surface area contributed by atoms with Crippen LogP contribution in [0.15, 0.2) is 0 Å². The third kappa shape index (κ3) is 3.28. The van der Waals surface area contributed by atoms with Gasteiger partial charge in [-0.1, -0.05) is 6.92 Å². The van der Waals surface area contributed by atoms with E-state index in [0.717, 1.165) is 38.1 Å². The van der Waals surface area contributed by atoms with E-state index < -0.39 is 0 Å². The lowest BCUT2D eigenvalue weighted by Gasteiger charge is -2.43. The summed E-state index contributed by atoms with van der Waals surface area (Å²) >= 11 is 0. The maximum absolute atomic E-state index is 12.1. The summed E-state index contributed by atoms with van der Waals surface area (Å²) in [7, 11) is 0. The predicted molar refractivity (Wildman–Crippen MR) is 72.6 cm³/mol. The Morgan fingerprint density at radius 2 is 2.05 bits per heavy atom. The zero-order valence-electron chi connectivity index (χ0n) is 12.1. The van der Waals surface area contributed by atoms with Crippen LogP contribution in [0, 0.1) is 5.92 Å². The van der Waals surface area contributed by atoms with Crippen LogP contribution in [-0.4, -0.2) is 35.5 Å². The van der Waals surface area contributed by atoms with E-state index >= 15 is 0 Å². The number of carbonyl (C=O) groups excluding carboxylic acids is 2. The van der Waals surface area contributed by atoms with Gasteiger partial charge in [0.1, 0.15) is 0 Å². The smallest absolute Gasteiger partial charge is 0.302 e. The van der Waals surface area contributed by atoms with Crippen LogP contribution < -0.4 is 0 Å². The largest absolute Gasteiger partial charge is 0.466 e. The fourth-order valence-electron chi connectivity index (χ4n) is 3.49. The third-order valence-corrected chi connectivity index (χ3v) is 4.71. The van der Waals surface area contributed by atoms with Crippen molar-refractivity contribution in [3.8, 4) is 0 Å². The Bertz CT molecular complexity index is 345. The van der Waals surface area contributed by atoms with E-state index in [9.17, 15) is 9.59 Å². The first kappa shape index (κ1) is 14.4. The average Bonchev–Trinajstić information content (AvgIpc) is 2.67. The van der Waals surface area contributed by atoms with E-state index in [4.69, 9.17) is 4.74 Å². The molecule has 4 heteroatoms. The Labute approximate surface area is 115 Å². The first-order valence-electron chi connectivity index (χ1n) is 7.47. The molecule has 0 bridgehead atoms. The molecule has 0 radical (unpaired) electrons. The highest BCUT2D eigenvalue weighted by Gasteiger charge is 2.45. The number of hydrogen-bond acceptors (Lipinski definition) is 3. The minimum Gasteiger partial charge on any atom is -0.466 e. The van der Waals surface area contributed by atoms with Gasteiger partial charge in [-0.2, -0.15) is 0 Å². The Kier molecular flexibility index (Phi) is 4.48. The Morgan fingerprint density at radius 1 is 1.37 bits per heavy atom. The molecule has 4 nitrogen and oxygen atoms in total. The van der Waals surface area contributed by atoms with Crippen molar-refractivity contribution in [2.24, 2.45) is 5.92 Å². The van der Waals surface area contributed by atoms with Crippen molar-refractivity contribution in [1.82, 2.24) is 4.90 Å². The molecule has 1 spiro atoms. The van der Waals surface area contributed by atoms with Gasteiger partial charge < -0.3 is 9.64 Å². The summed E-state index contributed by atoms with van der Waals surface area (Å²) in [5.74, 6) is 0.843. The highest BCUT2D eigenvalue weighted by Crippen LogP contribution is 2.43. The normalized spacial score (nSPS) is 30.9. The third-order valence-electron chi connectivity index (χ3n) is 4.71. The Balaban J connectivity index is 1.88. The van der Waals surface area contributed by atoms with Crippen LogP contribution in [0.3, 0.4) is 0 Å². The highest BCUT2D eigenvalue weighted by molar-refractivity contribution is 5.79. The van der Waals surface area contributed by atoms with Gasteiger partial charge in [-0.05, 0) is 44.4 Å². The van der Waals surface area contributed by atoms with Crippen molar-refractivity contribution < 1.29 is 14.3 Å². The van der Waals surface area contributed by atoms with Crippen molar-refractivity contribution in [3.63, 3.8) is 0 Å². The van der Waals surface area contributed by atoms with E-state index in [1.54, 1.807) is 0 Å². The van der Waals surface area contributed by atoms with Crippen LogP contribution in [0.2, 0.25) is 0 Å². The number of likely N-dealkylation sites (tertiary alicyclic amines) is 1. The van der Waals surface area contributed by atoms with Crippen molar-refractivity contribution in [2.75, 3.05) is 13.2 Å². The monoisotopic (exact) mass is 267 g/mol. The molecule has 1 aliphatic heterocycles. The predicted octanol–water partition coefficient (Wildman–Crippen LogP) is 2.51. The Hall–Kier alpha value is -1.06. The van der Waals surface area contributed by atoms with Crippen LogP contribution in [0.25, 0.3) is 0 Å². The second-order valence-electron chi connectivity index (χ2n) is 6.15. The molecule has 1 amide bonds. The molecule has 2 rings (SSSR count). The maximum Gasteiger partial charge on any atom is 0.302 e. The van der Waals surface area contributed by atoms with Gasteiger partial charge in [0.15, 0.2) is 0 Å². The van der Waals surface area contributed by atoms with E-state index in [1.807, 2.05) is 0 Å². The van der Waals surface area contributed by atoms with E-state index in [1.165, 1.54) is 19.8 Å². The molecule has 19 heavy (non-hydrogen) atoms. The molecule has 1 aliphatic carbocycles. The molecule has 0 aromatic rings. The number of rotatable bonds is 4. The molecule has 0 aromatic heterocycles. The summed E-state index contributed by atoms with van der Waals surface area (Å²) in [5, 5.41) is 0. The fraction of sp³-hybridized carbons (Fsp3) is 0.867. The van der Waals surface area contributed by atoms with E-state index in [-0.39, 0.29) is 17.4 Å². The number of ether oxygens (including phenoxy) is 1. The summed E-state index contributed by atoms with van der Waals surface area (Å²) in [4.78, 5) is 24.9. The van der Waals surface area contributed by atoms with Crippen molar-refractivity contribution in [3.05, 3.63) is 0 Å². The summed E-state index contributed by atoms with van der Waals surface area (Å²) in [6.45, 7) is 4.88. The Morgan fingerprint density at radius 3 is 2.68 bits per heavy atom. The van der Waals surface area contributed by atoms with E-state index in [2.05, 4.69) is 11.8 Å².